The van der Waals surface area contributed by atoms with Gasteiger partial charge in [0, 0.05) is 12.5 Å². The lowest BCUT2D eigenvalue weighted by molar-refractivity contribution is -0.677. The summed E-state index contributed by atoms with van der Waals surface area (Å²) in [5.41, 5.74) is 6.69. The van der Waals surface area contributed by atoms with Crippen LogP contribution in [0.25, 0.3) is 11.3 Å². The standard InChI is InChI=1S/C15H21N2/c1-10-7-11(2)12(3)14(8-10)15-9-16(5)13(4)17(15)6/h7-9H,1-6H3/q+1. The summed E-state index contributed by atoms with van der Waals surface area (Å²) in [4.78, 5) is 0. The van der Waals surface area contributed by atoms with Crippen LogP contribution in [0.4, 0.5) is 0 Å². The molecule has 0 saturated heterocycles. The molecule has 0 aliphatic rings. The highest BCUT2D eigenvalue weighted by Crippen LogP contribution is 2.26. The Kier molecular flexibility index (Phi) is 2.82. The second kappa shape index (κ2) is 4.02. The van der Waals surface area contributed by atoms with Crippen LogP contribution in [0.1, 0.15) is 22.5 Å². The van der Waals surface area contributed by atoms with E-state index >= 15 is 0 Å². The van der Waals surface area contributed by atoms with E-state index < -0.39 is 0 Å². The van der Waals surface area contributed by atoms with Crippen molar-refractivity contribution in [3.8, 4) is 11.3 Å². The second-order valence-corrected chi connectivity index (χ2v) is 4.99. The molecule has 2 heteroatoms. The number of imidazole rings is 1. The van der Waals surface area contributed by atoms with Crippen molar-refractivity contribution >= 4 is 0 Å². The molecular weight excluding hydrogens is 208 g/mol. The van der Waals surface area contributed by atoms with Gasteiger partial charge in [-0.3, -0.25) is 0 Å². The van der Waals surface area contributed by atoms with E-state index in [1.165, 1.54) is 33.8 Å². The third-order valence-corrected chi connectivity index (χ3v) is 3.76. The molecule has 0 atom stereocenters. The van der Waals surface area contributed by atoms with Crippen LogP contribution in [0.15, 0.2) is 18.3 Å². The van der Waals surface area contributed by atoms with Crippen LogP contribution in [-0.4, -0.2) is 4.57 Å². The van der Waals surface area contributed by atoms with Crippen molar-refractivity contribution < 1.29 is 4.57 Å². The molecule has 0 fully saturated rings. The molecule has 1 heterocycles. The fourth-order valence-corrected chi connectivity index (χ4v) is 2.33. The SMILES string of the molecule is Cc1cc(C)c(C)c(-c2c[n+](C)c(C)n2C)c1. The summed E-state index contributed by atoms with van der Waals surface area (Å²) in [6.45, 7) is 8.68. The summed E-state index contributed by atoms with van der Waals surface area (Å²) in [5, 5.41) is 0. The van der Waals surface area contributed by atoms with Crippen LogP contribution >= 0.6 is 0 Å². The van der Waals surface area contributed by atoms with Gasteiger partial charge in [0.05, 0.1) is 14.1 Å². The largest absolute Gasteiger partial charge is 0.253 e. The molecule has 2 rings (SSSR count). The third kappa shape index (κ3) is 1.88. The lowest BCUT2D eigenvalue weighted by Gasteiger charge is -2.08. The number of aryl methyl sites for hydroxylation is 3. The summed E-state index contributed by atoms with van der Waals surface area (Å²) in [6, 6.07) is 4.52. The molecule has 0 bridgehead atoms. The minimum absolute atomic E-state index is 1.26. The Morgan fingerprint density at radius 3 is 2.24 bits per heavy atom. The van der Waals surface area contributed by atoms with Gasteiger partial charge in [-0.15, -0.1) is 0 Å². The van der Waals surface area contributed by atoms with Crippen LogP contribution in [0.5, 0.6) is 0 Å². The van der Waals surface area contributed by atoms with Gasteiger partial charge in [-0.25, -0.2) is 9.13 Å². The summed E-state index contributed by atoms with van der Waals surface area (Å²) in [7, 11) is 4.22. The minimum atomic E-state index is 1.26. The number of rotatable bonds is 1. The van der Waals surface area contributed by atoms with Gasteiger partial charge in [-0.1, -0.05) is 11.6 Å². The molecule has 0 unspecified atom stereocenters. The lowest BCUT2D eigenvalue weighted by atomic mass is 9.98. The minimum Gasteiger partial charge on any atom is -0.236 e. The summed E-state index contributed by atoms with van der Waals surface area (Å²) in [6.07, 6.45) is 2.20. The number of nitrogens with zero attached hydrogens (tertiary/aromatic N) is 2. The Morgan fingerprint density at radius 2 is 1.71 bits per heavy atom. The van der Waals surface area contributed by atoms with Gasteiger partial charge in [0.25, 0.3) is 5.82 Å². The second-order valence-electron chi connectivity index (χ2n) is 4.99. The molecule has 90 valence electrons. The number of aromatic nitrogens is 2. The molecule has 2 nitrogen and oxygen atoms in total. The highest BCUT2D eigenvalue weighted by atomic mass is 15.1. The zero-order chi connectivity index (χ0) is 12.7. The normalized spacial score (nSPS) is 10.9. The lowest BCUT2D eigenvalue weighted by Crippen LogP contribution is -2.29. The van der Waals surface area contributed by atoms with Crippen molar-refractivity contribution in [2.45, 2.75) is 27.7 Å². The quantitative estimate of drug-likeness (QED) is 0.665. The molecular formula is C15H21N2+. The summed E-state index contributed by atoms with van der Waals surface area (Å²) < 4.78 is 4.42. The first-order valence-electron chi connectivity index (χ1n) is 6.02. The van der Waals surface area contributed by atoms with Gasteiger partial charge in [0.1, 0.15) is 6.20 Å². The molecule has 0 spiro atoms. The predicted octanol–water partition coefficient (Wildman–Crippen LogP) is 2.75. The maximum absolute atomic E-state index is 2.27. The molecule has 0 saturated carbocycles. The van der Waals surface area contributed by atoms with Gasteiger partial charge in [0.15, 0.2) is 5.69 Å². The number of hydrogen-bond acceptors (Lipinski definition) is 0. The molecule has 17 heavy (non-hydrogen) atoms. The van der Waals surface area contributed by atoms with Gasteiger partial charge in [-0.2, -0.15) is 0 Å². The van der Waals surface area contributed by atoms with E-state index in [0.717, 1.165) is 0 Å². The number of hydrogen-bond donors (Lipinski definition) is 0. The van der Waals surface area contributed by atoms with Crippen LogP contribution < -0.4 is 4.57 Å². The Labute approximate surface area is 104 Å². The zero-order valence-corrected chi connectivity index (χ0v) is 11.6. The highest BCUT2D eigenvalue weighted by Gasteiger charge is 2.18. The van der Waals surface area contributed by atoms with Crippen LogP contribution in [0.2, 0.25) is 0 Å². The van der Waals surface area contributed by atoms with Crippen molar-refractivity contribution in [3.05, 3.63) is 40.8 Å². The monoisotopic (exact) mass is 229 g/mol. The smallest absolute Gasteiger partial charge is 0.236 e. The van der Waals surface area contributed by atoms with E-state index in [0.29, 0.717) is 0 Å². The van der Waals surface area contributed by atoms with E-state index in [-0.39, 0.29) is 0 Å². The first-order valence-corrected chi connectivity index (χ1v) is 6.02. The molecule has 0 aliphatic carbocycles. The Balaban J connectivity index is 2.72. The molecule has 0 aliphatic heterocycles. The van der Waals surface area contributed by atoms with E-state index in [1.54, 1.807) is 0 Å². The van der Waals surface area contributed by atoms with Gasteiger partial charge in [-0.05, 0) is 38.0 Å². The summed E-state index contributed by atoms with van der Waals surface area (Å²) >= 11 is 0. The highest BCUT2D eigenvalue weighted by molar-refractivity contribution is 5.65. The van der Waals surface area contributed by atoms with Crippen molar-refractivity contribution in [1.29, 1.82) is 0 Å². The molecule has 1 aromatic carbocycles. The average molecular weight is 229 g/mol. The molecule has 2 aromatic rings. The first-order chi connectivity index (χ1) is 7.91. The Morgan fingerprint density at radius 1 is 1.06 bits per heavy atom. The van der Waals surface area contributed by atoms with Gasteiger partial charge >= 0.3 is 0 Å². The maximum Gasteiger partial charge on any atom is 0.253 e. The zero-order valence-electron chi connectivity index (χ0n) is 11.6. The van der Waals surface area contributed by atoms with Gasteiger partial charge < -0.3 is 0 Å². The molecule has 0 amide bonds. The van der Waals surface area contributed by atoms with Crippen molar-refractivity contribution in [1.82, 2.24) is 4.57 Å². The van der Waals surface area contributed by atoms with Crippen LogP contribution in [0, 0.1) is 27.7 Å². The van der Waals surface area contributed by atoms with Crippen LogP contribution in [-0.2, 0) is 14.1 Å². The first kappa shape index (κ1) is 11.9. The van der Waals surface area contributed by atoms with Gasteiger partial charge in [0.2, 0.25) is 0 Å². The predicted molar refractivity (Wildman–Crippen MR) is 71.0 cm³/mol. The molecule has 1 aromatic heterocycles. The van der Waals surface area contributed by atoms with E-state index in [4.69, 9.17) is 0 Å². The van der Waals surface area contributed by atoms with Crippen molar-refractivity contribution in [2.24, 2.45) is 14.1 Å². The fraction of sp³-hybridized carbons (Fsp3) is 0.400. The fourth-order valence-electron chi connectivity index (χ4n) is 2.33. The van der Waals surface area contributed by atoms with E-state index in [2.05, 4.69) is 69.3 Å². The molecule has 0 N–H and O–H groups in total. The Hall–Kier alpha value is -1.57. The topological polar surface area (TPSA) is 8.81 Å². The maximum atomic E-state index is 2.27. The van der Waals surface area contributed by atoms with E-state index in [1.807, 2.05) is 0 Å². The number of benzene rings is 1. The Bertz CT molecular complexity index is 577. The summed E-state index contributed by atoms with van der Waals surface area (Å²) in [5.74, 6) is 1.26. The molecule has 0 radical (unpaired) electrons. The average Bonchev–Trinajstić information content (AvgIpc) is 2.51. The third-order valence-electron chi connectivity index (χ3n) is 3.76. The van der Waals surface area contributed by atoms with Crippen LogP contribution in [0.3, 0.4) is 0 Å². The van der Waals surface area contributed by atoms with Crippen molar-refractivity contribution in [3.63, 3.8) is 0 Å². The van der Waals surface area contributed by atoms with Crippen molar-refractivity contribution in [2.75, 3.05) is 0 Å². The van der Waals surface area contributed by atoms with E-state index in [9.17, 15) is 0 Å².